The van der Waals surface area contributed by atoms with Crippen molar-refractivity contribution in [2.24, 2.45) is 0 Å². The van der Waals surface area contributed by atoms with Gasteiger partial charge in [0, 0.05) is 26.2 Å². The largest absolute Gasteiger partial charge is 0.416 e. The van der Waals surface area contributed by atoms with Crippen LogP contribution < -0.4 is 5.32 Å². The van der Waals surface area contributed by atoms with Crippen molar-refractivity contribution in [1.82, 2.24) is 10.2 Å². The van der Waals surface area contributed by atoms with Gasteiger partial charge in [0.2, 0.25) is 0 Å². The molecule has 0 saturated carbocycles. The van der Waals surface area contributed by atoms with Crippen molar-refractivity contribution >= 4 is 0 Å². The van der Waals surface area contributed by atoms with Crippen LogP contribution in [-0.2, 0) is 6.18 Å². The van der Waals surface area contributed by atoms with Crippen LogP contribution in [0.2, 0.25) is 0 Å². The number of piperazine rings is 1. The van der Waals surface area contributed by atoms with Gasteiger partial charge in [-0.05, 0) is 17.7 Å². The summed E-state index contributed by atoms with van der Waals surface area (Å²) in [7, 11) is 0. The van der Waals surface area contributed by atoms with Crippen LogP contribution in [0.25, 0.3) is 0 Å². The molecule has 1 aliphatic heterocycles. The molecular weight excluding hydrogens is 260 g/mol. The van der Waals surface area contributed by atoms with Gasteiger partial charge in [-0.15, -0.1) is 0 Å². The van der Waals surface area contributed by atoms with E-state index in [9.17, 15) is 17.6 Å². The highest BCUT2D eigenvalue weighted by molar-refractivity contribution is 5.28. The molecule has 0 unspecified atom stereocenters. The van der Waals surface area contributed by atoms with Crippen LogP contribution in [0.4, 0.5) is 17.6 Å². The third-order valence-electron chi connectivity index (χ3n) is 3.34. The van der Waals surface area contributed by atoms with E-state index in [1.54, 1.807) is 6.07 Å². The molecule has 0 aromatic heterocycles. The van der Waals surface area contributed by atoms with Gasteiger partial charge in [0.15, 0.2) is 0 Å². The molecule has 1 fully saturated rings. The fourth-order valence-corrected chi connectivity index (χ4v) is 2.31. The first-order valence-electron chi connectivity index (χ1n) is 6.20. The minimum atomic E-state index is -4.39. The van der Waals surface area contributed by atoms with Crippen LogP contribution in [-0.4, -0.2) is 37.8 Å². The molecule has 0 bridgehead atoms. The molecule has 0 amide bonds. The zero-order chi connectivity index (χ0) is 13.9. The van der Waals surface area contributed by atoms with Gasteiger partial charge in [0.05, 0.1) is 11.6 Å². The summed E-state index contributed by atoms with van der Waals surface area (Å²) in [6.07, 6.45) is -4.39. The molecule has 1 aromatic carbocycles. The average Bonchev–Trinajstić information content (AvgIpc) is 2.40. The average molecular weight is 276 g/mol. The van der Waals surface area contributed by atoms with Crippen molar-refractivity contribution in [2.75, 3.05) is 32.9 Å². The van der Waals surface area contributed by atoms with Gasteiger partial charge in [0.1, 0.15) is 6.67 Å². The Labute approximate surface area is 109 Å². The van der Waals surface area contributed by atoms with E-state index in [1.165, 1.54) is 6.07 Å². The van der Waals surface area contributed by atoms with Gasteiger partial charge in [-0.1, -0.05) is 12.1 Å². The van der Waals surface area contributed by atoms with Crippen molar-refractivity contribution in [1.29, 1.82) is 0 Å². The molecular formula is C13H16F4N2. The number of nitrogens with one attached hydrogen (secondary N) is 1. The quantitative estimate of drug-likeness (QED) is 0.854. The summed E-state index contributed by atoms with van der Waals surface area (Å²) >= 11 is 0. The third kappa shape index (κ3) is 3.45. The molecule has 1 heterocycles. The highest BCUT2D eigenvalue weighted by Crippen LogP contribution is 2.32. The second-order valence-electron chi connectivity index (χ2n) is 4.58. The number of benzene rings is 1. The standard InChI is InChI=1S/C13H16F4N2/c14-9-12(19-6-4-18-5-7-19)10-2-1-3-11(8-10)13(15,16)17/h1-3,8,12,18H,4-7,9H2/t12-/m1/s1. The van der Waals surface area contributed by atoms with Gasteiger partial charge in [0.25, 0.3) is 0 Å². The molecule has 0 aliphatic carbocycles. The summed E-state index contributed by atoms with van der Waals surface area (Å²) in [4.78, 5) is 1.88. The maximum absolute atomic E-state index is 13.2. The van der Waals surface area contributed by atoms with Crippen LogP contribution in [0.5, 0.6) is 0 Å². The summed E-state index contributed by atoms with van der Waals surface area (Å²) < 4.78 is 51.2. The van der Waals surface area contributed by atoms with Crippen molar-refractivity contribution in [3.8, 4) is 0 Å². The highest BCUT2D eigenvalue weighted by Gasteiger charge is 2.31. The summed E-state index contributed by atoms with van der Waals surface area (Å²) in [6, 6.07) is 4.36. The fourth-order valence-electron chi connectivity index (χ4n) is 2.31. The fraction of sp³-hybridized carbons (Fsp3) is 0.538. The number of alkyl halides is 4. The predicted molar refractivity (Wildman–Crippen MR) is 64.6 cm³/mol. The molecule has 0 spiro atoms. The van der Waals surface area contributed by atoms with E-state index >= 15 is 0 Å². The molecule has 1 aromatic rings. The first-order valence-corrected chi connectivity index (χ1v) is 6.20. The van der Waals surface area contributed by atoms with Crippen molar-refractivity contribution in [3.05, 3.63) is 35.4 Å². The Morgan fingerprint density at radius 3 is 2.47 bits per heavy atom. The second-order valence-corrected chi connectivity index (χ2v) is 4.58. The first-order chi connectivity index (χ1) is 9.02. The van der Waals surface area contributed by atoms with E-state index in [0.717, 1.165) is 25.2 Å². The molecule has 1 atom stereocenters. The highest BCUT2D eigenvalue weighted by atomic mass is 19.4. The lowest BCUT2D eigenvalue weighted by molar-refractivity contribution is -0.137. The minimum Gasteiger partial charge on any atom is -0.314 e. The van der Waals surface area contributed by atoms with E-state index in [4.69, 9.17) is 0 Å². The zero-order valence-electron chi connectivity index (χ0n) is 10.4. The molecule has 2 nitrogen and oxygen atoms in total. The number of nitrogens with zero attached hydrogens (tertiary/aromatic N) is 1. The van der Waals surface area contributed by atoms with Crippen molar-refractivity contribution < 1.29 is 17.6 Å². The van der Waals surface area contributed by atoms with Crippen LogP contribution >= 0.6 is 0 Å². The normalized spacial score (nSPS) is 19.4. The molecule has 106 valence electrons. The number of rotatable bonds is 3. The molecule has 1 aliphatic rings. The lowest BCUT2D eigenvalue weighted by atomic mass is 10.0. The summed E-state index contributed by atoms with van der Waals surface area (Å²) in [5, 5.41) is 3.14. The molecule has 0 radical (unpaired) electrons. The van der Waals surface area contributed by atoms with Crippen LogP contribution in [0.3, 0.4) is 0 Å². The summed E-state index contributed by atoms with van der Waals surface area (Å²) in [5.41, 5.74) is -0.335. The van der Waals surface area contributed by atoms with Gasteiger partial charge < -0.3 is 5.32 Å². The Morgan fingerprint density at radius 1 is 1.21 bits per heavy atom. The molecule has 19 heavy (non-hydrogen) atoms. The Balaban J connectivity index is 2.22. The van der Waals surface area contributed by atoms with E-state index in [1.807, 2.05) is 4.90 Å². The van der Waals surface area contributed by atoms with E-state index < -0.39 is 24.5 Å². The van der Waals surface area contributed by atoms with Crippen LogP contribution in [0.15, 0.2) is 24.3 Å². The maximum atomic E-state index is 13.2. The van der Waals surface area contributed by atoms with E-state index in [-0.39, 0.29) is 0 Å². The van der Waals surface area contributed by atoms with Crippen LogP contribution in [0.1, 0.15) is 17.2 Å². The monoisotopic (exact) mass is 276 g/mol. The summed E-state index contributed by atoms with van der Waals surface area (Å²) in [5.74, 6) is 0. The number of hydrogen-bond acceptors (Lipinski definition) is 2. The SMILES string of the molecule is FC[C@H](c1cccc(C(F)(F)F)c1)N1CCNCC1. The maximum Gasteiger partial charge on any atom is 0.416 e. The Kier molecular flexibility index (Phi) is 4.42. The predicted octanol–water partition coefficient (Wildman–Crippen LogP) is 2.62. The molecule has 2 rings (SSSR count). The topological polar surface area (TPSA) is 15.3 Å². The molecule has 6 heteroatoms. The van der Waals surface area contributed by atoms with Gasteiger partial charge in [-0.25, -0.2) is 4.39 Å². The Hall–Kier alpha value is -1.14. The molecule has 1 saturated heterocycles. The van der Waals surface area contributed by atoms with E-state index in [2.05, 4.69) is 5.32 Å². The lowest BCUT2D eigenvalue weighted by Crippen LogP contribution is -2.45. The Bertz CT molecular complexity index is 413. The van der Waals surface area contributed by atoms with Gasteiger partial charge >= 0.3 is 6.18 Å². The molecule has 1 N–H and O–H groups in total. The minimum absolute atomic E-state index is 0.388. The zero-order valence-corrected chi connectivity index (χ0v) is 10.4. The lowest BCUT2D eigenvalue weighted by Gasteiger charge is -2.33. The van der Waals surface area contributed by atoms with E-state index in [0.29, 0.717) is 18.7 Å². The van der Waals surface area contributed by atoms with Gasteiger partial charge in [-0.2, -0.15) is 13.2 Å². The third-order valence-corrected chi connectivity index (χ3v) is 3.34. The number of hydrogen-bond donors (Lipinski definition) is 1. The smallest absolute Gasteiger partial charge is 0.314 e. The van der Waals surface area contributed by atoms with Crippen LogP contribution in [0, 0.1) is 0 Å². The Morgan fingerprint density at radius 2 is 1.89 bits per heavy atom. The summed E-state index contributed by atoms with van der Waals surface area (Å²) in [6.45, 7) is 2.07. The second kappa shape index (κ2) is 5.88. The van der Waals surface area contributed by atoms with Crippen molar-refractivity contribution in [2.45, 2.75) is 12.2 Å². The first kappa shape index (κ1) is 14.3. The number of halogens is 4. The van der Waals surface area contributed by atoms with Gasteiger partial charge in [-0.3, -0.25) is 4.90 Å². The van der Waals surface area contributed by atoms with Crippen molar-refractivity contribution in [3.63, 3.8) is 0 Å².